The van der Waals surface area contributed by atoms with E-state index in [0.29, 0.717) is 5.69 Å². The average molecular weight is 342 g/mol. The van der Waals surface area contributed by atoms with E-state index in [0.717, 1.165) is 0 Å². The summed E-state index contributed by atoms with van der Waals surface area (Å²) in [5.74, 6) is -0.481. The molecule has 1 heterocycles. The summed E-state index contributed by atoms with van der Waals surface area (Å²) in [6.07, 6.45) is 1.49. The molecule has 6 nitrogen and oxygen atoms in total. The van der Waals surface area contributed by atoms with Gasteiger partial charge in [0.2, 0.25) is 5.91 Å². The minimum Gasteiger partial charge on any atom is -0.459 e. The maximum Gasteiger partial charge on any atom is 0.286 e. The third-order valence-electron chi connectivity index (χ3n) is 2.75. The van der Waals surface area contributed by atoms with Crippen LogP contribution in [0, 0.1) is 0 Å². The molecule has 8 heteroatoms. The highest BCUT2D eigenvalue weighted by Gasteiger charge is 2.10. The molecule has 0 fully saturated rings. The van der Waals surface area contributed by atoms with Crippen LogP contribution >= 0.6 is 23.2 Å². The van der Waals surface area contributed by atoms with E-state index in [4.69, 9.17) is 33.4 Å². The van der Waals surface area contributed by atoms with Crippen molar-refractivity contribution in [3.05, 3.63) is 46.3 Å². The second-order valence-electron chi connectivity index (χ2n) is 4.38. The van der Waals surface area contributed by atoms with Gasteiger partial charge in [-0.05, 0) is 24.3 Å². The minimum atomic E-state index is -0.378. The lowest BCUT2D eigenvalue weighted by Crippen LogP contribution is -2.27. The number of rotatable bonds is 5. The van der Waals surface area contributed by atoms with Gasteiger partial charge >= 0.3 is 0 Å². The van der Waals surface area contributed by atoms with Crippen LogP contribution in [0.25, 0.3) is 0 Å². The molecule has 0 atom stereocenters. The second-order valence-corrected chi connectivity index (χ2v) is 5.20. The van der Waals surface area contributed by atoms with E-state index in [-0.39, 0.29) is 46.3 Å². The van der Waals surface area contributed by atoms with Gasteiger partial charge in [-0.15, -0.1) is 0 Å². The zero-order chi connectivity index (χ0) is 16.1. The van der Waals surface area contributed by atoms with Crippen LogP contribution in [0.1, 0.15) is 17.0 Å². The molecule has 22 heavy (non-hydrogen) atoms. The SMILES string of the molecule is Nc1c(Cl)cc(NC(=O)CCNC(=O)c2ccco2)cc1Cl. The Hall–Kier alpha value is -2.18. The Bertz CT molecular complexity index is 664. The zero-order valence-corrected chi connectivity index (χ0v) is 12.9. The van der Waals surface area contributed by atoms with Gasteiger partial charge in [-0.1, -0.05) is 23.2 Å². The van der Waals surface area contributed by atoms with Gasteiger partial charge in [0.15, 0.2) is 5.76 Å². The van der Waals surface area contributed by atoms with E-state index < -0.39 is 0 Å². The van der Waals surface area contributed by atoms with E-state index in [1.54, 1.807) is 6.07 Å². The molecule has 0 aliphatic heterocycles. The molecule has 0 radical (unpaired) electrons. The molecule has 0 unspecified atom stereocenters. The Labute approximate surface area is 136 Å². The Morgan fingerprint density at radius 2 is 1.91 bits per heavy atom. The predicted molar refractivity (Wildman–Crippen MR) is 85.2 cm³/mol. The number of benzene rings is 1. The van der Waals surface area contributed by atoms with Crippen LogP contribution in [-0.2, 0) is 4.79 Å². The number of nitrogens with one attached hydrogen (secondary N) is 2. The lowest BCUT2D eigenvalue weighted by atomic mass is 10.2. The number of furan rings is 1. The summed E-state index contributed by atoms with van der Waals surface area (Å²) in [6, 6.07) is 6.15. The lowest BCUT2D eigenvalue weighted by Gasteiger charge is -2.08. The van der Waals surface area contributed by atoms with Gasteiger partial charge in [-0.3, -0.25) is 9.59 Å². The maximum absolute atomic E-state index is 11.8. The summed E-state index contributed by atoms with van der Waals surface area (Å²) < 4.78 is 4.93. The molecule has 2 aromatic rings. The number of carbonyl (C=O) groups excluding carboxylic acids is 2. The van der Waals surface area contributed by atoms with Crippen LogP contribution in [0.5, 0.6) is 0 Å². The van der Waals surface area contributed by atoms with Crippen molar-refractivity contribution in [1.29, 1.82) is 0 Å². The second kappa shape index (κ2) is 7.20. The van der Waals surface area contributed by atoms with Gasteiger partial charge in [-0.25, -0.2) is 0 Å². The Kier molecular flexibility index (Phi) is 5.30. The molecule has 0 aliphatic carbocycles. The molecule has 0 bridgehead atoms. The first kappa shape index (κ1) is 16.2. The Morgan fingerprint density at radius 3 is 2.50 bits per heavy atom. The normalized spacial score (nSPS) is 10.3. The van der Waals surface area contributed by atoms with Gasteiger partial charge in [0.1, 0.15) is 0 Å². The van der Waals surface area contributed by atoms with Crippen LogP contribution in [-0.4, -0.2) is 18.4 Å². The van der Waals surface area contributed by atoms with Crippen molar-refractivity contribution in [1.82, 2.24) is 5.32 Å². The number of hydrogen-bond donors (Lipinski definition) is 3. The molecule has 2 amide bonds. The number of hydrogen-bond acceptors (Lipinski definition) is 4. The van der Waals surface area contributed by atoms with E-state index in [9.17, 15) is 9.59 Å². The van der Waals surface area contributed by atoms with Crippen molar-refractivity contribution in [2.45, 2.75) is 6.42 Å². The summed E-state index contributed by atoms with van der Waals surface area (Å²) in [5.41, 5.74) is 6.30. The molecule has 0 aliphatic rings. The average Bonchev–Trinajstić information content (AvgIpc) is 2.98. The summed E-state index contributed by atoms with van der Waals surface area (Å²) in [6.45, 7) is 0.168. The molecule has 116 valence electrons. The van der Waals surface area contributed by atoms with Crippen molar-refractivity contribution >= 4 is 46.4 Å². The van der Waals surface area contributed by atoms with Crippen LogP contribution < -0.4 is 16.4 Å². The standard InChI is InChI=1S/C14H13Cl2N3O3/c15-9-6-8(7-10(16)13(9)17)19-12(20)3-4-18-14(21)11-2-1-5-22-11/h1-2,5-7H,3-4,17H2,(H,18,21)(H,19,20). The van der Waals surface area contributed by atoms with Crippen molar-refractivity contribution in [2.24, 2.45) is 0 Å². The van der Waals surface area contributed by atoms with Gasteiger partial charge in [0, 0.05) is 18.7 Å². The molecule has 2 rings (SSSR count). The molecular formula is C14H13Cl2N3O3. The fourth-order valence-electron chi connectivity index (χ4n) is 1.66. The lowest BCUT2D eigenvalue weighted by molar-refractivity contribution is -0.116. The fourth-order valence-corrected chi connectivity index (χ4v) is 2.15. The summed E-state index contributed by atoms with van der Waals surface area (Å²) in [4.78, 5) is 23.4. The van der Waals surface area contributed by atoms with E-state index in [1.807, 2.05) is 0 Å². The monoisotopic (exact) mass is 341 g/mol. The third kappa shape index (κ3) is 4.16. The number of anilines is 2. The van der Waals surface area contributed by atoms with Gasteiger partial charge in [-0.2, -0.15) is 0 Å². The molecule has 0 saturated carbocycles. The highest BCUT2D eigenvalue weighted by Crippen LogP contribution is 2.31. The minimum absolute atomic E-state index is 0.0893. The van der Waals surface area contributed by atoms with Gasteiger partial charge in [0.05, 0.1) is 22.0 Å². The number of amides is 2. The van der Waals surface area contributed by atoms with Crippen LogP contribution in [0.3, 0.4) is 0 Å². The molecule has 1 aromatic carbocycles. The van der Waals surface area contributed by atoms with Gasteiger partial charge < -0.3 is 20.8 Å². The van der Waals surface area contributed by atoms with Crippen molar-refractivity contribution in [3.8, 4) is 0 Å². The van der Waals surface area contributed by atoms with E-state index in [2.05, 4.69) is 10.6 Å². The van der Waals surface area contributed by atoms with Crippen molar-refractivity contribution in [2.75, 3.05) is 17.6 Å². The highest BCUT2D eigenvalue weighted by molar-refractivity contribution is 6.39. The topological polar surface area (TPSA) is 97.4 Å². The molecule has 1 aromatic heterocycles. The predicted octanol–water partition coefficient (Wildman–Crippen LogP) is 2.93. The van der Waals surface area contributed by atoms with Crippen LogP contribution in [0.4, 0.5) is 11.4 Å². The Balaban J connectivity index is 1.82. The largest absolute Gasteiger partial charge is 0.459 e. The van der Waals surface area contributed by atoms with Crippen LogP contribution in [0.15, 0.2) is 34.9 Å². The summed E-state index contributed by atoms with van der Waals surface area (Å²) in [7, 11) is 0. The Morgan fingerprint density at radius 1 is 1.23 bits per heavy atom. The first-order chi connectivity index (χ1) is 10.5. The summed E-state index contributed by atoms with van der Waals surface area (Å²) >= 11 is 11.8. The maximum atomic E-state index is 11.8. The number of carbonyl (C=O) groups is 2. The number of nitrogen functional groups attached to an aromatic ring is 1. The fraction of sp³-hybridized carbons (Fsp3) is 0.143. The highest BCUT2D eigenvalue weighted by atomic mass is 35.5. The number of halogens is 2. The first-order valence-electron chi connectivity index (χ1n) is 6.33. The number of nitrogens with two attached hydrogens (primary N) is 1. The quantitative estimate of drug-likeness (QED) is 0.728. The zero-order valence-electron chi connectivity index (χ0n) is 11.4. The van der Waals surface area contributed by atoms with Gasteiger partial charge in [0.25, 0.3) is 5.91 Å². The van der Waals surface area contributed by atoms with E-state index in [1.165, 1.54) is 24.5 Å². The smallest absolute Gasteiger partial charge is 0.286 e. The van der Waals surface area contributed by atoms with Crippen molar-refractivity contribution < 1.29 is 14.0 Å². The third-order valence-corrected chi connectivity index (χ3v) is 3.37. The van der Waals surface area contributed by atoms with E-state index >= 15 is 0 Å². The molecule has 0 saturated heterocycles. The van der Waals surface area contributed by atoms with Crippen molar-refractivity contribution in [3.63, 3.8) is 0 Å². The van der Waals surface area contributed by atoms with Crippen LogP contribution in [0.2, 0.25) is 10.0 Å². The molecule has 4 N–H and O–H groups in total. The first-order valence-corrected chi connectivity index (χ1v) is 7.09. The molecular weight excluding hydrogens is 329 g/mol. The molecule has 0 spiro atoms. The summed E-state index contributed by atoms with van der Waals surface area (Å²) in [5, 5.41) is 5.71.